The van der Waals surface area contributed by atoms with Gasteiger partial charge in [0, 0.05) is 27.1 Å². The van der Waals surface area contributed by atoms with E-state index < -0.39 is 10.0 Å². The second kappa shape index (κ2) is 7.70. The minimum atomic E-state index is -3.68. The van der Waals surface area contributed by atoms with Crippen LogP contribution in [0.3, 0.4) is 0 Å². The molecule has 0 radical (unpaired) electrons. The molecule has 1 saturated heterocycles. The first-order chi connectivity index (χ1) is 13.0. The van der Waals surface area contributed by atoms with E-state index in [9.17, 15) is 8.42 Å². The van der Waals surface area contributed by atoms with Crippen LogP contribution in [0.15, 0.2) is 62.5 Å². The van der Waals surface area contributed by atoms with Gasteiger partial charge in [-0.2, -0.15) is 0 Å². The van der Waals surface area contributed by atoms with Gasteiger partial charge in [0.15, 0.2) is 0 Å². The first kappa shape index (κ1) is 19.2. The van der Waals surface area contributed by atoms with Crippen LogP contribution in [0.2, 0.25) is 0 Å². The van der Waals surface area contributed by atoms with Crippen LogP contribution in [-0.4, -0.2) is 36.9 Å². The number of halogens is 2. The summed E-state index contributed by atoms with van der Waals surface area (Å²) in [6.07, 6.45) is 5.14. The van der Waals surface area contributed by atoms with Gasteiger partial charge in [0.05, 0.1) is 5.52 Å². The summed E-state index contributed by atoms with van der Waals surface area (Å²) in [6.45, 7) is 3.23. The third-order valence-electron chi connectivity index (χ3n) is 5.08. The number of hydrogen-bond acceptors (Lipinski definition) is 3. The predicted octanol–water partition coefficient (Wildman–Crippen LogP) is 5.04. The maximum atomic E-state index is 13.3. The first-order valence-electron chi connectivity index (χ1n) is 8.99. The van der Waals surface area contributed by atoms with Gasteiger partial charge < -0.3 is 4.90 Å². The van der Waals surface area contributed by atoms with Crippen molar-refractivity contribution in [3.8, 4) is 0 Å². The molecular weight excluding hydrogens is 492 g/mol. The average molecular weight is 512 g/mol. The molecule has 0 bridgehead atoms. The van der Waals surface area contributed by atoms with Crippen LogP contribution in [0.4, 0.5) is 0 Å². The normalized spacial score (nSPS) is 15.6. The van der Waals surface area contributed by atoms with Gasteiger partial charge in [0.2, 0.25) is 0 Å². The Balaban J connectivity index is 1.80. The monoisotopic (exact) mass is 510 g/mol. The van der Waals surface area contributed by atoms with Gasteiger partial charge >= 0.3 is 0 Å². The molecule has 1 fully saturated rings. The van der Waals surface area contributed by atoms with Gasteiger partial charge in [-0.3, -0.25) is 0 Å². The number of rotatable bonds is 5. The second-order valence-corrected chi connectivity index (χ2v) is 10.4. The van der Waals surface area contributed by atoms with Gasteiger partial charge in [-0.05, 0) is 84.2 Å². The Morgan fingerprint density at radius 3 is 2.48 bits per heavy atom. The molecule has 0 aliphatic carbocycles. The zero-order valence-electron chi connectivity index (χ0n) is 14.7. The minimum absolute atomic E-state index is 0.274. The Bertz CT molecular complexity index is 1090. The van der Waals surface area contributed by atoms with Gasteiger partial charge in [-0.1, -0.05) is 28.1 Å². The van der Waals surface area contributed by atoms with Crippen LogP contribution in [0.5, 0.6) is 0 Å². The lowest BCUT2D eigenvalue weighted by Crippen LogP contribution is -2.21. The molecular formula is C20H20Br2N2O2S. The zero-order valence-corrected chi connectivity index (χ0v) is 18.7. The van der Waals surface area contributed by atoms with E-state index in [4.69, 9.17) is 0 Å². The molecule has 142 valence electrons. The van der Waals surface area contributed by atoms with Gasteiger partial charge in [-0.25, -0.2) is 12.4 Å². The van der Waals surface area contributed by atoms with E-state index in [0.29, 0.717) is 9.99 Å². The van der Waals surface area contributed by atoms with Crippen LogP contribution in [0, 0.1) is 0 Å². The molecule has 2 heterocycles. The van der Waals surface area contributed by atoms with E-state index in [0.717, 1.165) is 41.5 Å². The molecule has 1 aliphatic heterocycles. The van der Waals surface area contributed by atoms with Crippen molar-refractivity contribution in [2.75, 3.05) is 19.6 Å². The standard InChI is InChI=1S/C20H20Br2N2O2S/c21-16-7-8-19-17(13-16)15(9-12-23-10-3-4-11-23)14-24(19)27(25,26)20-6-2-1-5-18(20)22/h1-2,5-8,13-14H,3-4,9-12H2. The van der Waals surface area contributed by atoms with Crippen molar-refractivity contribution in [1.82, 2.24) is 8.87 Å². The van der Waals surface area contributed by atoms with Crippen molar-refractivity contribution in [1.29, 1.82) is 0 Å². The Hall–Kier alpha value is -1.15. The summed E-state index contributed by atoms with van der Waals surface area (Å²) < 4.78 is 29.6. The number of likely N-dealkylation sites (tertiary alicyclic amines) is 1. The Labute approximate surface area is 176 Å². The van der Waals surface area contributed by atoms with Crippen LogP contribution in [-0.2, 0) is 16.4 Å². The minimum Gasteiger partial charge on any atom is -0.303 e. The Kier molecular flexibility index (Phi) is 5.47. The van der Waals surface area contributed by atoms with Crippen molar-refractivity contribution in [3.05, 3.63) is 63.2 Å². The number of hydrogen-bond donors (Lipinski definition) is 0. The number of aromatic nitrogens is 1. The summed E-state index contributed by atoms with van der Waals surface area (Å²) in [7, 11) is -3.68. The SMILES string of the molecule is O=S(=O)(c1ccccc1Br)n1cc(CCN2CCCC2)c2cc(Br)ccc21. The van der Waals surface area contributed by atoms with Crippen molar-refractivity contribution < 1.29 is 8.42 Å². The lowest BCUT2D eigenvalue weighted by Gasteiger charge is -2.13. The fraction of sp³-hybridized carbons (Fsp3) is 0.300. The highest BCUT2D eigenvalue weighted by Gasteiger charge is 2.23. The lowest BCUT2D eigenvalue weighted by atomic mass is 10.1. The van der Waals surface area contributed by atoms with E-state index in [2.05, 4.69) is 36.8 Å². The third-order valence-corrected chi connectivity index (χ3v) is 8.26. The summed E-state index contributed by atoms with van der Waals surface area (Å²) >= 11 is 6.90. The van der Waals surface area contributed by atoms with Crippen molar-refractivity contribution in [3.63, 3.8) is 0 Å². The van der Waals surface area contributed by atoms with Gasteiger partial charge in [0.25, 0.3) is 10.0 Å². The van der Waals surface area contributed by atoms with E-state index in [1.54, 1.807) is 24.4 Å². The topological polar surface area (TPSA) is 42.3 Å². The van der Waals surface area contributed by atoms with Crippen LogP contribution in [0.1, 0.15) is 18.4 Å². The largest absolute Gasteiger partial charge is 0.303 e. The molecule has 0 saturated carbocycles. The summed E-state index contributed by atoms with van der Waals surface area (Å²) in [4.78, 5) is 2.72. The quantitative estimate of drug-likeness (QED) is 0.481. The molecule has 0 spiro atoms. The smallest absolute Gasteiger partial charge is 0.269 e. The summed E-state index contributed by atoms with van der Waals surface area (Å²) in [5.74, 6) is 0. The van der Waals surface area contributed by atoms with Crippen LogP contribution in [0.25, 0.3) is 10.9 Å². The predicted molar refractivity (Wildman–Crippen MR) is 116 cm³/mol. The molecule has 3 aromatic rings. The third kappa shape index (κ3) is 3.75. The van der Waals surface area contributed by atoms with Crippen molar-refractivity contribution >= 4 is 52.8 Å². The first-order valence-corrected chi connectivity index (χ1v) is 12.0. The molecule has 2 aromatic carbocycles. The van der Waals surface area contributed by atoms with Crippen LogP contribution >= 0.6 is 31.9 Å². The lowest BCUT2D eigenvalue weighted by molar-refractivity contribution is 0.344. The van der Waals surface area contributed by atoms with Crippen LogP contribution < -0.4 is 0 Å². The van der Waals surface area contributed by atoms with Crippen molar-refractivity contribution in [2.24, 2.45) is 0 Å². The summed E-state index contributed by atoms with van der Waals surface area (Å²) in [5.41, 5.74) is 1.78. The maximum absolute atomic E-state index is 13.3. The highest BCUT2D eigenvalue weighted by Crippen LogP contribution is 2.31. The van der Waals surface area contributed by atoms with Crippen molar-refractivity contribution in [2.45, 2.75) is 24.2 Å². The van der Waals surface area contributed by atoms with E-state index in [1.165, 1.54) is 16.8 Å². The zero-order chi connectivity index (χ0) is 19.0. The Morgan fingerprint density at radius 1 is 1.00 bits per heavy atom. The second-order valence-electron chi connectivity index (χ2n) is 6.85. The molecule has 7 heteroatoms. The number of benzene rings is 2. The average Bonchev–Trinajstić information content (AvgIpc) is 3.28. The van der Waals surface area contributed by atoms with E-state index in [1.807, 2.05) is 24.3 Å². The fourth-order valence-electron chi connectivity index (χ4n) is 3.68. The summed E-state index contributed by atoms with van der Waals surface area (Å²) in [5, 5.41) is 0.985. The Morgan fingerprint density at radius 2 is 1.74 bits per heavy atom. The molecule has 0 unspecified atom stereocenters. The molecule has 4 rings (SSSR count). The maximum Gasteiger partial charge on any atom is 0.269 e. The van der Waals surface area contributed by atoms with E-state index in [-0.39, 0.29) is 4.90 Å². The summed E-state index contributed by atoms with van der Waals surface area (Å²) in [6, 6.07) is 12.7. The van der Waals surface area contributed by atoms with E-state index >= 15 is 0 Å². The molecule has 1 aromatic heterocycles. The highest BCUT2D eigenvalue weighted by atomic mass is 79.9. The van der Waals surface area contributed by atoms with Gasteiger partial charge in [-0.15, -0.1) is 0 Å². The molecule has 0 atom stereocenters. The molecule has 27 heavy (non-hydrogen) atoms. The fourth-order valence-corrected chi connectivity index (χ4v) is 6.40. The van der Waals surface area contributed by atoms with Gasteiger partial charge in [0.1, 0.15) is 4.90 Å². The molecule has 4 nitrogen and oxygen atoms in total. The molecule has 1 aliphatic rings. The molecule has 0 N–H and O–H groups in total. The number of nitrogens with zero attached hydrogens (tertiary/aromatic N) is 2. The highest BCUT2D eigenvalue weighted by molar-refractivity contribution is 9.10. The molecule has 0 amide bonds. The number of fused-ring (bicyclic) bond motifs is 1.